The molecule has 0 fully saturated rings. The largest absolute Gasteiger partial charge is 0.317 e. The van der Waals surface area contributed by atoms with Crippen LogP contribution in [0.25, 0.3) is 0 Å². The normalized spacial score (nSPS) is 11.7. The van der Waals surface area contributed by atoms with Crippen molar-refractivity contribution < 1.29 is 8.42 Å². The van der Waals surface area contributed by atoms with Gasteiger partial charge in [-0.25, -0.2) is 13.4 Å². The summed E-state index contributed by atoms with van der Waals surface area (Å²) >= 11 is 1.31. The number of hydrogen-bond acceptors (Lipinski definition) is 5. The van der Waals surface area contributed by atoms with Crippen LogP contribution in [0.5, 0.6) is 0 Å². The summed E-state index contributed by atoms with van der Waals surface area (Å²) < 4.78 is 26.0. The lowest BCUT2D eigenvalue weighted by atomic mass is 10.3. The van der Waals surface area contributed by atoms with Crippen LogP contribution >= 0.6 is 11.3 Å². The zero-order chi connectivity index (χ0) is 13.4. The molecule has 1 heterocycles. The van der Waals surface area contributed by atoms with Gasteiger partial charge in [-0.15, -0.1) is 11.3 Å². The van der Waals surface area contributed by atoms with E-state index in [1.54, 1.807) is 0 Å². The average molecular weight is 291 g/mol. The van der Waals surface area contributed by atoms with Crippen molar-refractivity contribution in [3.05, 3.63) is 11.1 Å². The van der Waals surface area contributed by atoms with Gasteiger partial charge in [0.25, 0.3) is 0 Å². The second kappa shape index (κ2) is 7.70. The minimum absolute atomic E-state index is 0.152. The first kappa shape index (κ1) is 15.4. The molecule has 1 rings (SSSR count). The smallest absolute Gasteiger partial charge is 0.234 e. The monoisotopic (exact) mass is 291 g/mol. The minimum atomic E-state index is -3.24. The lowest BCUT2D eigenvalue weighted by molar-refractivity contribution is 0.590. The van der Waals surface area contributed by atoms with Crippen LogP contribution in [0.3, 0.4) is 0 Å². The number of aryl methyl sites for hydroxylation is 1. The zero-order valence-electron chi connectivity index (χ0n) is 10.9. The van der Waals surface area contributed by atoms with Crippen molar-refractivity contribution in [1.82, 2.24) is 10.3 Å². The fourth-order valence-electron chi connectivity index (χ4n) is 1.43. The van der Waals surface area contributed by atoms with Crippen LogP contribution < -0.4 is 10.0 Å². The van der Waals surface area contributed by atoms with E-state index in [2.05, 4.69) is 21.9 Å². The van der Waals surface area contributed by atoms with Crippen LogP contribution in [0.2, 0.25) is 0 Å². The number of nitrogens with one attached hydrogen (secondary N) is 2. The standard InChI is InChI=1S/C11H21N3O2S2/c1-3-6-12-7-4-5-8-18(15,16)14-11-13-10(2)9-17-11/h9,12H,3-8H2,1-2H3,(H,13,14). The summed E-state index contributed by atoms with van der Waals surface area (Å²) in [6.07, 6.45) is 2.64. The summed E-state index contributed by atoms with van der Waals surface area (Å²) in [5, 5.41) is 5.53. The molecule has 0 unspecified atom stereocenters. The molecular formula is C11H21N3O2S2. The predicted molar refractivity (Wildman–Crippen MR) is 76.7 cm³/mol. The topological polar surface area (TPSA) is 71.1 Å². The van der Waals surface area contributed by atoms with Crippen LogP contribution in [0.4, 0.5) is 5.13 Å². The number of sulfonamides is 1. The fourth-order valence-corrected chi connectivity index (χ4v) is 3.53. The number of thiazole rings is 1. The maximum Gasteiger partial charge on any atom is 0.234 e. The highest BCUT2D eigenvalue weighted by atomic mass is 32.2. The van der Waals surface area contributed by atoms with Crippen molar-refractivity contribution in [3.63, 3.8) is 0 Å². The maximum atomic E-state index is 11.7. The van der Waals surface area contributed by atoms with E-state index in [1.807, 2.05) is 12.3 Å². The predicted octanol–water partition coefficient (Wildman–Crippen LogP) is 1.97. The van der Waals surface area contributed by atoms with E-state index in [4.69, 9.17) is 0 Å². The van der Waals surface area contributed by atoms with E-state index in [9.17, 15) is 8.42 Å². The highest BCUT2D eigenvalue weighted by Gasteiger charge is 2.11. The first-order valence-corrected chi connectivity index (χ1v) is 8.70. The molecule has 0 saturated heterocycles. The van der Waals surface area contributed by atoms with Gasteiger partial charge in [0.15, 0.2) is 5.13 Å². The van der Waals surface area contributed by atoms with Crippen molar-refractivity contribution in [2.45, 2.75) is 33.1 Å². The third-order valence-corrected chi connectivity index (χ3v) is 4.64. The van der Waals surface area contributed by atoms with Gasteiger partial charge in [-0.3, -0.25) is 4.72 Å². The molecule has 0 aliphatic heterocycles. The SMILES string of the molecule is CCCNCCCCS(=O)(=O)Nc1nc(C)cs1. The Hall–Kier alpha value is -0.660. The highest BCUT2D eigenvalue weighted by Crippen LogP contribution is 2.16. The first-order valence-electron chi connectivity index (χ1n) is 6.17. The molecule has 2 N–H and O–H groups in total. The Bertz CT molecular complexity index is 443. The van der Waals surface area contributed by atoms with E-state index in [0.29, 0.717) is 11.6 Å². The van der Waals surface area contributed by atoms with Crippen molar-refractivity contribution in [2.24, 2.45) is 0 Å². The van der Waals surface area contributed by atoms with E-state index in [1.165, 1.54) is 11.3 Å². The Morgan fingerprint density at radius 3 is 2.72 bits per heavy atom. The van der Waals surface area contributed by atoms with Crippen LogP contribution in [0.1, 0.15) is 31.9 Å². The fraction of sp³-hybridized carbons (Fsp3) is 0.727. The van der Waals surface area contributed by atoms with Gasteiger partial charge >= 0.3 is 0 Å². The average Bonchev–Trinajstić information content (AvgIpc) is 2.68. The summed E-state index contributed by atoms with van der Waals surface area (Å²) in [7, 11) is -3.24. The molecule has 0 radical (unpaired) electrons. The van der Waals surface area contributed by atoms with Crippen molar-refractivity contribution >= 4 is 26.5 Å². The lowest BCUT2D eigenvalue weighted by Crippen LogP contribution is -2.19. The Labute approximate surface area is 113 Å². The van der Waals surface area contributed by atoms with E-state index in [-0.39, 0.29) is 5.75 Å². The van der Waals surface area contributed by atoms with E-state index < -0.39 is 10.0 Å². The molecule has 1 aromatic rings. The zero-order valence-corrected chi connectivity index (χ0v) is 12.5. The van der Waals surface area contributed by atoms with Gasteiger partial charge < -0.3 is 5.32 Å². The van der Waals surface area contributed by atoms with Gasteiger partial charge in [-0.1, -0.05) is 6.92 Å². The number of hydrogen-bond donors (Lipinski definition) is 2. The number of unbranched alkanes of at least 4 members (excludes halogenated alkanes) is 1. The van der Waals surface area contributed by atoms with Gasteiger partial charge in [0, 0.05) is 5.38 Å². The molecule has 0 bridgehead atoms. The molecule has 1 aromatic heterocycles. The summed E-state index contributed by atoms with van der Waals surface area (Å²) in [5.74, 6) is 0.152. The second-order valence-electron chi connectivity index (χ2n) is 4.17. The molecule has 5 nitrogen and oxygen atoms in total. The molecule has 18 heavy (non-hydrogen) atoms. The Morgan fingerprint density at radius 2 is 2.11 bits per heavy atom. The van der Waals surface area contributed by atoms with Crippen LogP contribution in [0.15, 0.2) is 5.38 Å². The molecule has 0 aromatic carbocycles. The highest BCUT2D eigenvalue weighted by molar-refractivity contribution is 7.92. The Kier molecular flexibility index (Phi) is 6.59. The summed E-state index contributed by atoms with van der Waals surface area (Å²) in [6, 6.07) is 0. The molecular weight excluding hydrogens is 270 g/mol. The molecule has 0 atom stereocenters. The minimum Gasteiger partial charge on any atom is -0.317 e. The van der Waals surface area contributed by atoms with Crippen molar-refractivity contribution in [3.8, 4) is 0 Å². The molecule has 0 aliphatic carbocycles. The van der Waals surface area contributed by atoms with Crippen molar-refractivity contribution in [1.29, 1.82) is 0 Å². The number of aromatic nitrogens is 1. The number of anilines is 1. The van der Waals surface area contributed by atoms with Gasteiger partial charge in [0.05, 0.1) is 11.4 Å². The van der Waals surface area contributed by atoms with E-state index in [0.717, 1.165) is 31.6 Å². The first-order chi connectivity index (χ1) is 8.53. The number of nitrogens with zero attached hydrogens (tertiary/aromatic N) is 1. The van der Waals surface area contributed by atoms with Gasteiger partial charge in [0.2, 0.25) is 10.0 Å². The van der Waals surface area contributed by atoms with Crippen LogP contribution in [-0.2, 0) is 10.0 Å². The second-order valence-corrected chi connectivity index (χ2v) is 6.87. The summed E-state index contributed by atoms with van der Waals surface area (Å²) in [6.45, 7) is 5.81. The summed E-state index contributed by atoms with van der Waals surface area (Å²) in [4.78, 5) is 4.08. The molecule has 0 spiro atoms. The van der Waals surface area contributed by atoms with Gasteiger partial charge in [0.1, 0.15) is 0 Å². The molecule has 104 valence electrons. The Balaban J connectivity index is 2.23. The lowest BCUT2D eigenvalue weighted by Gasteiger charge is -2.05. The molecule has 7 heteroatoms. The maximum absolute atomic E-state index is 11.7. The van der Waals surface area contributed by atoms with Crippen LogP contribution in [-0.4, -0.2) is 32.2 Å². The molecule has 0 amide bonds. The molecule has 0 saturated carbocycles. The van der Waals surface area contributed by atoms with Crippen LogP contribution in [0, 0.1) is 6.92 Å². The summed E-state index contributed by atoms with van der Waals surface area (Å²) in [5.41, 5.74) is 0.835. The van der Waals surface area contributed by atoms with Gasteiger partial charge in [-0.2, -0.15) is 0 Å². The Morgan fingerprint density at radius 1 is 1.33 bits per heavy atom. The third kappa shape index (κ3) is 6.32. The quantitative estimate of drug-likeness (QED) is 0.682. The van der Waals surface area contributed by atoms with Gasteiger partial charge in [-0.05, 0) is 39.3 Å². The third-order valence-electron chi connectivity index (χ3n) is 2.31. The van der Waals surface area contributed by atoms with E-state index >= 15 is 0 Å². The van der Waals surface area contributed by atoms with Crippen molar-refractivity contribution in [2.75, 3.05) is 23.6 Å². The molecule has 0 aliphatic rings. The number of rotatable bonds is 9.